The van der Waals surface area contributed by atoms with Crippen LogP contribution in [-0.2, 0) is 9.84 Å². The largest absolute Gasteiger partial charge is 0.278 e. The van der Waals surface area contributed by atoms with Crippen molar-refractivity contribution in [2.24, 2.45) is 0 Å². The van der Waals surface area contributed by atoms with E-state index in [-0.39, 0.29) is 4.90 Å². The molecule has 0 bridgehead atoms. The Morgan fingerprint density at radius 2 is 1.72 bits per heavy atom. The Morgan fingerprint density at radius 1 is 0.944 bits per heavy atom. The number of aromatic nitrogens is 2. The first-order valence-corrected chi connectivity index (χ1v) is 6.90. The molecule has 0 fully saturated rings. The summed E-state index contributed by atoms with van der Waals surface area (Å²) in [6.07, 6.45) is 1.53. The molecular formula is C13H10N2O2S. The number of aromatic amines is 1. The summed E-state index contributed by atoms with van der Waals surface area (Å²) >= 11 is 0. The van der Waals surface area contributed by atoms with Crippen LogP contribution in [0.2, 0.25) is 0 Å². The van der Waals surface area contributed by atoms with Gasteiger partial charge in [-0.15, -0.1) is 0 Å². The standard InChI is InChI=1S/C13H10N2O2S/c16-18(17,10-5-2-1-3-6-10)13-8-4-7-12-11(13)9-14-15-12/h1-9H,(H,14,15). The highest BCUT2D eigenvalue weighted by atomic mass is 32.2. The molecule has 18 heavy (non-hydrogen) atoms. The van der Waals surface area contributed by atoms with Gasteiger partial charge in [0.2, 0.25) is 9.84 Å². The fraction of sp³-hybridized carbons (Fsp3) is 0. The molecule has 0 amide bonds. The van der Waals surface area contributed by atoms with Crippen LogP contribution in [0.4, 0.5) is 0 Å². The van der Waals surface area contributed by atoms with E-state index in [1.54, 1.807) is 48.5 Å². The Hall–Kier alpha value is -2.14. The summed E-state index contributed by atoms with van der Waals surface area (Å²) in [6, 6.07) is 13.5. The van der Waals surface area contributed by atoms with Crippen LogP contribution < -0.4 is 0 Å². The monoisotopic (exact) mass is 258 g/mol. The Balaban J connectivity index is 2.30. The Kier molecular flexibility index (Phi) is 2.41. The molecule has 4 nitrogen and oxygen atoms in total. The molecular weight excluding hydrogens is 248 g/mol. The SMILES string of the molecule is O=S(=O)(c1ccccc1)c1cccc2[nH]ncc12. The lowest BCUT2D eigenvalue weighted by Crippen LogP contribution is -2.01. The highest BCUT2D eigenvalue weighted by Gasteiger charge is 2.20. The van der Waals surface area contributed by atoms with Gasteiger partial charge in [0.1, 0.15) is 0 Å². The first kappa shape index (κ1) is 11.0. The molecule has 0 aliphatic rings. The van der Waals surface area contributed by atoms with Crippen molar-refractivity contribution in [1.82, 2.24) is 10.2 Å². The van der Waals surface area contributed by atoms with Crippen molar-refractivity contribution in [3.8, 4) is 0 Å². The zero-order chi connectivity index (χ0) is 12.6. The van der Waals surface area contributed by atoms with Crippen LogP contribution >= 0.6 is 0 Å². The molecule has 5 heteroatoms. The van der Waals surface area contributed by atoms with Crippen LogP contribution in [0.1, 0.15) is 0 Å². The van der Waals surface area contributed by atoms with E-state index in [1.165, 1.54) is 6.20 Å². The molecule has 0 aliphatic heterocycles. The second kappa shape index (κ2) is 3.96. The molecule has 1 aromatic heterocycles. The van der Waals surface area contributed by atoms with Crippen LogP contribution in [0.3, 0.4) is 0 Å². The number of hydrogen-bond acceptors (Lipinski definition) is 3. The topological polar surface area (TPSA) is 62.8 Å². The quantitative estimate of drug-likeness (QED) is 0.767. The van der Waals surface area contributed by atoms with E-state index in [9.17, 15) is 8.42 Å². The first-order valence-electron chi connectivity index (χ1n) is 5.42. The molecule has 0 saturated heterocycles. The van der Waals surface area contributed by atoms with Gasteiger partial charge < -0.3 is 0 Å². The summed E-state index contributed by atoms with van der Waals surface area (Å²) in [4.78, 5) is 0.568. The summed E-state index contributed by atoms with van der Waals surface area (Å²) in [5.41, 5.74) is 0.715. The zero-order valence-electron chi connectivity index (χ0n) is 9.37. The molecule has 0 radical (unpaired) electrons. The number of nitrogens with one attached hydrogen (secondary N) is 1. The summed E-state index contributed by atoms with van der Waals surface area (Å²) in [7, 11) is -3.50. The summed E-state index contributed by atoms with van der Waals surface area (Å²) in [5.74, 6) is 0. The molecule has 3 rings (SSSR count). The maximum atomic E-state index is 12.5. The molecule has 0 spiro atoms. The highest BCUT2D eigenvalue weighted by Crippen LogP contribution is 2.26. The van der Waals surface area contributed by atoms with Gasteiger partial charge in [0.05, 0.1) is 21.5 Å². The summed E-state index contributed by atoms with van der Waals surface area (Å²) < 4.78 is 25.0. The van der Waals surface area contributed by atoms with Crippen LogP contribution in [0.15, 0.2) is 64.5 Å². The van der Waals surface area contributed by atoms with Gasteiger partial charge >= 0.3 is 0 Å². The van der Waals surface area contributed by atoms with E-state index in [0.29, 0.717) is 15.8 Å². The van der Waals surface area contributed by atoms with Gasteiger partial charge in [-0.3, -0.25) is 5.10 Å². The second-order valence-electron chi connectivity index (χ2n) is 3.90. The number of hydrogen-bond donors (Lipinski definition) is 1. The maximum Gasteiger partial charge on any atom is 0.207 e. The predicted octanol–water partition coefficient (Wildman–Crippen LogP) is 2.40. The molecule has 0 unspecified atom stereocenters. The van der Waals surface area contributed by atoms with E-state index >= 15 is 0 Å². The number of sulfone groups is 1. The number of H-pyrrole nitrogens is 1. The van der Waals surface area contributed by atoms with Crippen molar-refractivity contribution in [3.63, 3.8) is 0 Å². The second-order valence-corrected chi connectivity index (χ2v) is 5.82. The number of rotatable bonds is 2. The normalized spacial score (nSPS) is 11.8. The average Bonchev–Trinajstić information content (AvgIpc) is 2.87. The zero-order valence-corrected chi connectivity index (χ0v) is 10.2. The Bertz CT molecular complexity index is 792. The molecule has 1 heterocycles. The Morgan fingerprint density at radius 3 is 2.50 bits per heavy atom. The maximum absolute atomic E-state index is 12.5. The third-order valence-corrected chi connectivity index (χ3v) is 4.62. The van der Waals surface area contributed by atoms with Gasteiger partial charge in [0.15, 0.2) is 0 Å². The summed E-state index contributed by atoms with van der Waals surface area (Å²) in [6.45, 7) is 0. The summed E-state index contributed by atoms with van der Waals surface area (Å²) in [5, 5.41) is 7.26. The smallest absolute Gasteiger partial charge is 0.207 e. The molecule has 0 saturated carbocycles. The van der Waals surface area contributed by atoms with Gasteiger partial charge in [0, 0.05) is 5.39 Å². The van der Waals surface area contributed by atoms with E-state index in [4.69, 9.17) is 0 Å². The lowest BCUT2D eigenvalue weighted by Gasteiger charge is -2.05. The lowest BCUT2D eigenvalue weighted by molar-refractivity contribution is 0.597. The lowest BCUT2D eigenvalue weighted by atomic mass is 10.3. The van der Waals surface area contributed by atoms with Gasteiger partial charge in [-0.05, 0) is 24.3 Å². The first-order chi connectivity index (χ1) is 8.69. The molecule has 90 valence electrons. The van der Waals surface area contributed by atoms with Crippen LogP contribution in [0, 0.1) is 0 Å². The third-order valence-electron chi connectivity index (χ3n) is 2.79. The van der Waals surface area contributed by atoms with Gasteiger partial charge in [-0.2, -0.15) is 5.10 Å². The number of nitrogens with zero attached hydrogens (tertiary/aromatic N) is 1. The van der Waals surface area contributed by atoms with Crippen molar-refractivity contribution in [2.75, 3.05) is 0 Å². The predicted molar refractivity (Wildman–Crippen MR) is 68.0 cm³/mol. The van der Waals surface area contributed by atoms with Crippen molar-refractivity contribution in [1.29, 1.82) is 0 Å². The number of benzene rings is 2. The molecule has 1 N–H and O–H groups in total. The minimum Gasteiger partial charge on any atom is -0.278 e. The van der Waals surface area contributed by atoms with E-state index in [2.05, 4.69) is 10.2 Å². The minimum absolute atomic E-state index is 0.278. The van der Waals surface area contributed by atoms with Gasteiger partial charge in [-0.25, -0.2) is 8.42 Å². The molecule has 3 aromatic rings. The van der Waals surface area contributed by atoms with Crippen molar-refractivity contribution >= 4 is 20.7 Å². The van der Waals surface area contributed by atoms with Crippen LogP contribution in [-0.4, -0.2) is 18.6 Å². The van der Waals surface area contributed by atoms with Crippen molar-refractivity contribution in [3.05, 3.63) is 54.7 Å². The van der Waals surface area contributed by atoms with Gasteiger partial charge in [0.25, 0.3) is 0 Å². The molecule has 0 atom stereocenters. The van der Waals surface area contributed by atoms with E-state index < -0.39 is 9.84 Å². The average molecular weight is 258 g/mol. The fourth-order valence-electron chi connectivity index (χ4n) is 1.90. The minimum atomic E-state index is -3.50. The van der Waals surface area contributed by atoms with E-state index in [0.717, 1.165) is 0 Å². The highest BCUT2D eigenvalue weighted by molar-refractivity contribution is 7.91. The van der Waals surface area contributed by atoms with Crippen LogP contribution in [0.5, 0.6) is 0 Å². The van der Waals surface area contributed by atoms with Crippen molar-refractivity contribution in [2.45, 2.75) is 9.79 Å². The van der Waals surface area contributed by atoms with Crippen LogP contribution in [0.25, 0.3) is 10.9 Å². The van der Waals surface area contributed by atoms with Gasteiger partial charge in [-0.1, -0.05) is 24.3 Å². The molecule has 0 aliphatic carbocycles. The fourth-order valence-corrected chi connectivity index (χ4v) is 3.38. The van der Waals surface area contributed by atoms with Crippen molar-refractivity contribution < 1.29 is 8.42 Å². The Labute approximate surface area is 104 Å². The number of fused-ring (bicyclic) bond motifs is 1. The van der Waals surface area contributed by atoms with E-state index in [1.807, 2.05) is 0 Å². The molecule has 2 aromatic carbocycles. The third kappa shape index (κ3) is 1.60.